The van der Waals surface area contributed by atoms with Crippen molar-refractivity contribution in [1.82, 2.24) is 14.5 Å². The molecule has 0 bridgehead atoms. The van der Waals surface area contributed by atoms with Gasteiger partial charge >= 0.3 is 0 Å². The highest BCUT2D eigenvalue weighted by molar-refractivity contribution is 6.39. The second kappa shape index (κ2) is 6.18. The van der Waals surface area contributed by atoms with Crippen molar-refractivity contribution in [3.63, 3.8) is 0 Å². The molecule has 7 heteroatoms. The van der Waals surface area contributed by atoms with Crippen LogP contribution in [0.15, 0.2) is 35.1 Å². The van der Waals surface area contributed by atoms with Crippen molar-refractivity contribution in [1.29, 1.82) is 0 Å². The molecule has 1 aromatic carbocycles. The van der Waals surface area contributed by atoms with Gasteiger partial charge in [0, 0.05) is 23.6 Å². The number of hydrogen-bond donors (Lipinski definition) is 1. The van der Waals surface area contributed by atoms with Crippen molar-refractivity contribution in [2.24, 2.45) is 0 Å². The highest BCUT2D eigenvalue weighted by Gasteiger charge is 2.17. The quantitative estimate of drug-likeness (QED) is 0.781. The van der Waals surface area contributed by atoms with Gasteiger partial charge < -0.3 is 5.73 Å². The Morgan fingerprint density at radius 3 is 2.48 bits per heavy atom. The molecule has 118 valence electrons. The number of benzene rings is 1. The predicted octanol–water partition coefficient (Wildman–Crippen LogP) is 3.76. The number of hydrogen-bond acceptors (Lipinski definition) is 4. The first kappa shape index (κ1) is 15.8. The fourth-order valence-electron chi connectivity index (χ4n) is 2.54. The number of nitrogens with two attached hydrogens (primary N) is 1. The van der Waals surface area contributed by atoms with Crippen LogP contribution in [0.1, 0.15) is 13.3 Å². The van der Waals surface area contributed by atoms with E-state index in [9.17, 15) is 4.79 Å². The fourth-order valence-corrected chi connectivity index (χ4v) is 3.11. The number of halogens is 2. The average Bonchev–Trinajstić information content (AvgIpc) is 2.50. The lowest BCUT2D eigenvalue weighted by Crippen LogP contribution is -2.20. The molecule has 0 saturated heterocycles. The van der Waals surface area contributed by atoms with E-state index < -0.39 is 0 Å². The lowest BCUT2D eigenvalue weighted by Gasteiger charge is -2.13. The van der Waals surface area contributed by atoms with E-state index in [0.717, 1.165) is 6.42 Å². The minimum atomic E-state index is -0.131. The second-order valence-electron chi connectivity index (χ2n) is 5.09. The van der Waals surface area contributed by atoms with E-state index in [1.807, 2.05) is 6.92 Å². The van der Waals surface area contributed by atoms with Gasteiger partial charge in [-0.25, -0.2) is 4.98 Å². The van der Waals surface area contributed by atoms with E-state index >= 15 is 0 Å². The molecule has 0 spiro atoms. The van der Waals surface area contributed by atoms with Gasteiger partial charge in [-0.1, -0.05) is 36.2 Å². The molecule has 2 aromatic heterocycles. The van der Waals surface area contributed by atoms with Crippen LogP contribution < -0.4 is 11.3 Å². The zero-order chi connectivity index (χ0) is 16.6. The van der Waals surface area contributed by atoms with Crippen LogP contribution in [0.25, 0.3) is 22.3 Å². The lowest BCUT2D eigenvalue weighted by molar-refractivity contribution is 0.672. The average molecular weight is 349 g/mol. The Hall–Kier alpha value is -2.11. The van der Waals surface area contributed by atoms with Crippen molar-refractivity contribution >= 4 is 40.2 Å². The van der Waals surface area contributed by atoms with Gasteiger partial charge in [-0.2, -0.15) is 4.98 Å². The SMILES string of the molecule is CCCn1c(=O)ccc2c(-c3c(Cl)cccc3Cl)nc(N)nc21. The topological polar surface area (TPSA) is 73.8 Å². The molecule has 0 aliphatic rings. The Morgan fingerprint density at radius 2 is 1.83 bits per heavy atom. The molecule has 2 heterocycles. The first-order valence-corrected chi connectivity index (χ1v) is 7.90. The predicted molar refractivity (Wildman–Crippen MR) is 94.0 cm³/mol. The van der Waals surface area contributed by atoms with E-state index in [4.69, 9.17) is 28.9 Å². The lowest BCUT2D eigenvalue weighted by atomic mass is 10.1. The summed E-state index contributed by atoms with van der Waals surface area (Å²) in [6, 6.07) is 8.39. The maximum absolute atomic E-state index is 12.1. The monoisotopic (exact) mass is 348 g/mol. The first-order valence-electron chi connectivity index (χ1n) is 7.14. The van der Waals surface area contributed by atoms with Crippen LogP contribution in [0.5, 0.6) is 0 Å². The van der Waals surface area contributed by atoms with Gasteiger partial charge in [0.25, 0.3) is 5.56 Å². The van der Waals surface area contributed by atoms with Gasteiger partial charge in [-0.05, 0) is 24.6 Å². The highest BCUT2D eigenvalue weighted by Crippen LogP contribution is 2.36. The molecule has 3 rings (SSSR count). The van der Waals surface area contributed by atoms with Gasteiger partial charge in [0.15, 0.2) is 0 Å². The molecular weight excluding hydrogens is 335 g/mol. The molecule has 2 N–H and O–H groups in total. The number of aromatic nitrogens is 3. The summed E-state index contributed by atoms with van der Waals surface area (Å²) in [5.41, 5.74) is 7.31. The van der Waals surface area contributed by atoms with Gasteiger partial charge in [-0.3, -0.25) is 9.36 Å². The van der Waals surface area contributed by atoms with Crippen LogP contribution in [0.3, 0.4) is 0 Å². The minimum Gasteiger partial charge on any atom is -0.368 e. The van der Waals surface area contributed by atoms with Crippen LogP contribution in [0, 0.1) is 0 Å². The maximum atomic E-state index is 12.1. The summed E-state index contributed by atoms with van der Waals surface area (Å²) in [6.45, 7) is 2.53. The smallest absolute Gasteiger partial charge is 0.252 e. The zero-order valence-electron chi connectivity index (χ0n) is 12.4. The van der Waals surface area contributed by atoms with E-state index in [1.54, 1.807) is 28.8 Å². The summed E-state index contributed by atoms with van der Waals surface area (Å²) in [5.74, 6) is 0.0685. The van der Waals surface area contributed by atoms with Crippen LogP contribution in [-0.2, 0) is 6.54 Å². The first-order chi connectivity index (χ1) is 11.0. The van der Waals surface area contributed by atoms with E-state index in [-0.39, 0.29) is 11.5 Å². The number of pyridine rings is 1. The Morgan fingerprint density at radius 1 is 1.13 bits per heavy atom. The van der Waals surface area contributed by atoms with Crippen LogP contribution in [0.2, 0.25) is 10.0 Å². The summed E-state index contributed by atoms with van der Waals surface area (Å²) >= 11 is 12.6. The van der Waals surface area contributed by atoms with Crippen LogP contribution in [-0.4, -0.2) is 14.5 Å². The van der Waals surface area contributed by atoms with Gasteiger partial charge in [0.05, 0.1) is 15.7 Å². The molecule has 23 heavy (non-hydrogen) atoms. The van der Waals surface area contributed by atoms with Crippen molar-refractivity contribution < 1.29 is 0 Å². The summed E-state index contributed by atoms with van der Waals surface area (Å²) in [7, 11) is 0. The molecule has 0 aliphatic carbocycles. The summed E-state index contributed by atoms with van der Waals surface area (Å²) < 4.78 is 1.58. The van der Waals surface area contributed by atoms with E-state index in [2.05, 4.69) is 9.97 Å². The Labute approximate surface area is 142 Å². The molecule has 0 aliphatic heterocycles. The number of anilines is 1. The van der Waals surface area contributed by atoms with Crippen molar-refractivity contribution in [3.8, 4) is 11.3 Å². The van der Waals surface area contributed by atoms with Crippen LogP contribution >= 0.6 is 23.2 Å². The normalized spacial score (nSPS) is 11.1. The molecule has 0 unspecified atom stereocenters. The Bertz CT molecular complexity index is 932. The Balaban J connectivity index is 2.43. The number of aryl methyl sites for hydroxylation is 1. The van der Waals surface area contributed by atoms with E-state index in [0.29, 0.717) is 38.9 Å². The number of fused-ring (bicyclic) bond motifs is 1. The molecule has 0 atom stereocenters. The molecule has 0 fully saturated rings. The molecule has 0 radical (unpaired) electrons. The highest BCUT2D eigenvalue weighted by atomic mass is 35.5. The third-order valence-electron chi connectivity index (χ3n) is 3.50. The molecule has 3 aromatic rings. The maximum Gasteiger partial charge on any atom is 0.252 e. The van der Waals surface area contributed by atoms with Crippen molar-refractivity contribution in [2.45, 2.75) is 19.9 Å². The number of rotatable bonds is 3. The second-order valence-corrected chi connectivity index (χ2v) is 5.90. The molecular formula is C16H14Cl2N4O. The van der Waals surface area contributed by atoms with Gasteiger partial charge in [0.2, 0.25) is 5.95 Å². The number of nitrogens with zero attached hydrogens (tertiary/aromatic N) is 3. The zero-order valence-corrected chi connectivity index (χ0v) is 13.9. The standard InChI is InChI=1S/C16H14Cl2N4O/c1-2-8-22-12(23)7-6-9-14(20-16(19)21-15(9)22)13-10(17)4-3-5-11(13)18/h3-7H,2,8H2,1H3,(H2,19,20,21). The van der Waals surface area contributed by atoms with Crippen LogP contribution in [0.4, 0.5) is 5.95 Å². The van der Waals surface area contributed by atoms with Crippen molar-refractivity contribution in [3.05, 3.63) is 50.7 Å². The minimum absolute atomic E-state index is 0.0685. The molecule has 0 amide bonds. The third-order valence-corrected chi connectivity index (χ3v) is 4.13. The fraction of sp³-hybridized carbons (Fsp3) is 0.188. The Kier molecular flexibility index (Phi) is 4.24. The van der Waals surface area contributed by atoms with Gasteiger partial charge in [0.1, 0.15) is 5.65 Å². The van der Waals surface area contributed by atoms with Crippen molar-refractivity contribution in [2.75, 3.05) is 5.73 Å². The molecule has 0 saturated carbocycles. The molecule has 5 nitrogen and oxygen atoms in total. The summed E-state index contributed by atoms with van der Waals surface area (Å²) in [6.07, 6.45) is 0.797. The van der Waals surface area contributed by atoms with Gasteiger partial charge in [-0.15, -0.1) is 0 Å². The van der Waals surface area contributed by atoms with E-state index in [1.165, 1.54) is 6.07 Å². The summed E-state index contributed by atoms with van der Waals surface area (Å²) in [4.78, 5) is 20.7. The third kappa shape index (κ3) is 2.78. The largest absolute Gasteiger partial charge is 0.368 e. The summed E-state index contributed by atoms with van der Waals surface area (Å²) in [5, 5.41) is 1.61. The number of nitrogen functional groups attached to an aromatic ring is 1.